The first kappa shape index (κ1) is 20.1. The van der Waals surface area contributed by atoms with Gasteiger partial charge in [-0.25, -0.2) is 4.79 Å². The second-order valence-electron chi connectivity index (χ2n) is 4.95. The topological polar surface area (TPSA) is 48.0 Å². The molecule has 0 atom stereocenters. The average molecular weight is 657 g/mol. The highest BCUT2D eigenvalue weighted by Crippen LogP contribution is 2.23. The van der Waals surface area contributed by atoms with E-state index in [4.69, 9.17) is 14.2 Å². The Balaban J connectivity index is 1.65. The van der Waals surface area contributed by atoms with Crippen molar-refractivity contribution in [3.63, 3.8) is 0 Å². The molecular weight excluding hydrogens is 639 g/mol. The van der Waals surface area contributed by atoms with Crippen LogP contribution in [0.15, 0.2) is 12.1 Å². The molecule has 1 heterocycles. The van der Waals surface area contributed by atoms with Crippen LogP contribution in [0.25, 0.3) is 0 Å². The van der Waals surface area contributed by atoms with Crippen LogP contribution >= 0.6 is 67.8 Å². The highest BCUT2D eigenvalue weighted by Gasteiger charge is 2.15. The van der Waals surface area contributed by atoms with Gasteiger partial charge < -0.3 is 14.2 Å². The summed E-state index contributed by atoms with van der Waals surface area (Å²) in [6.45, 7) is 5.76. The Morgan fingerprint density at radius 1 is 1.13 bits per heavy atom. The third kappa shape index (κ3) is 6.88. The summed E-state index contributed by atoms with van der Waals surface area (Å²) < 4.78 is 19.2. The molecule has 0 radical (unpaired) electrons. The average Bonchev–Trinajstić information content (AvgIpc) is 2.55. The third-order valence-electron chi connectivity index (χ3n) is 3.33. The molecule has 2 rings (SSSR count). The molecule has 1 aromatic carbocycles. The van der Waals surface area contributed by atoms with E-state index in [1.54, 1.807) is 0 Å². The van der Waals surface area contributed by atoms with Crippen molar-refractivity contribution in [2.45, 2.75) is 0 Å². The van der Waals surface area contributed by atoms with Gasteiger partial charge >= 0.3 is 5.97 Å². The minimum atomic E-state index is -0.289. The van der Waals surface area contributed by atoms with Crippen LogP contribution in [0, 0.1) is 10.7 Å². The van der Waals surface area contributed by atoms with E-state index in [0.717, 1.165) is 43.6 Å². The van der Waals surface area contributed by atoms with Crippen molar-refractivity contribution in [2.75, 3.05) is 52.7 Å². The third-order valence-corrected chi connectivity index (χ3v) is 7.00. The van der Waals surface area contributed by atoms with Crippen LogP contribution in [0.5, 0.6) is 0 Å². The van der Waals surface area contributed by atoms with Gasteiger partial charge in [0.15, 0.2) is 0 Å². The van der Waals surface area contributed by atoms with Gasteiger partial charge in [0.25, 0.3) is 0 Å². The number of halogens is 3. The monoisotopic (exact) mass is 657 g/mol. The van der Waals surface area contributed by atoms with Crippen molar-refractivity contribution in [1.29, 1.82) is 0 Å². The Kier molecular flexibility index (Phi) is 9.33. The highest BCUT2D eigenvalue weighted by molar-refractivity contribution is 14.1. The zero-order chi connectivity index (χ0) is 16.7. The molecule has 0 bridgehead atoms. The Labute approximate surface area is 177 Å². The number of ether oxygens (including phenoxy) is 3. The molecule has 0 spiro atoms. The summed E-state index contributed by atoms with van der Waals surface area (Å²) in [5.74, 6) is -0.289. The molecule has 1 saturated heterocycles. The first-order valence-corrected chi connectivity index (χ1v) is 10.5. The van der Waals surface area contributed by atoms with Crippen LogP contribution in [0.4, 0.5) is 0 Å². The zero-order valence-corrected chi connectivity index (χ0v) is 19.0. The van der Waals surface area contributed by atoms with E-state index in [1.165, 1.54) is 0 Å². The maximum atomic E-state index is 12.1. The molecule has 0 amide bonds. The predicted octanol–water partition coefficient (Wildman–Crippen LogP) is 3.01. The summed E-state index contributed by atoms with van der Waals surface area (Å²) in [4.78, 5) is 14.4. The Bertz CT molecular complexity index is 536. The second kappa shape index (κ2) is 10.7. The number of carbonyl (C=O) groups is 1. The van der Waals surface area contributed by atoms with E-state index in [-0.39, 0.29) is 12.6 Å². The summed E-state index contributed by atoms with van der Waals surface area (Å²) in [5.41, 5.74) is 0.621. The Morgan fingerprint density at radius 2 is 1.87 bits per heavy atom. The van der Waals surface area contributed by atoms with Crippen molar-refractivity contribution in [2.24, 2.45) is 0 Å². The molecule has 1 aromatic rings. The van der Waals surface area contributed by atoms with Crippen LogP contribution < -0.4 is 0 Å². The maximum absolute atomic E-state index is 12.1. The zero-order valence-electron chi connectivity index (χ0n) is 12.5. The molecule has 0 saturated carbocycles. The molecule has 128 valence electrons. The number of esters is 1. The Morgan fingerprint density at radius 3 is 2.61 bits per heavy atom. The standard InChI is InChI=1S/C15H18I3NO4/c16-11-9-12(14(18)13(17)10-11)15(20)23-8-7-22-6-3-19-1-4-21-5-2-19/h9-10H,1-8H2. The van der Waals surface area contributed by atoms with E-state index in [0.29, 0.717) is 18.8 Å². The molecular formula is C15H18I3NO4. The first-order valence-electron chi connectivity index (χ1n) is 7.27. The molecule has 0 N–H and O–H groups in total. The number of hydrogen-bond acceptors (Lipinski definition) is 5. The van der Waals surface area contributed by atoms with Gasteiger partial charge in [0.1, 0.15) is 6.61 Å². The number of rotatable bonds is 7. The van der Waals surface area contributed by atoms with Gasteiger partial charge in [-0.15, -0.1) is 0 Å². The van der Waals surface area contributed by atoms with Gasteiger partial charge in [-0.2, -0.15) is 0 Å². The lowest BCUT2D eigenvalue weighted by Gasteiger charge is -2.26. The summed E-state index contributed by atoms with van der Waals surface area (Å²) in [6, 6.07) is 3.89. The predicted molar refractivity (Wildman–Crippen MR) is 113 cm³/mol. The molecule has 1 aliphatic rings. The van der Waals surface area contributed by atoms with Crippen LogP contribution in [-0.4, -0.2) is 63.5 Å². The van der Waals surface area contributed by atoms with Crippen LogP contribution in [-0.2, 0) is 14.2 Å². The van der Waals surface area contributed by atoms with Crippen LogP contribution in [0.3, 0.4) is 0 Å². The van der Waals surface area contributed by atoms with E-state index in [1.807, 2.05) is 12.1 Å². The van der Waals surface area contributed by atoms with Crippen molar-refractivity contribution in [1.82, 2.24) is 4.90 Å². The van der Waals surface area contributed by atoms with Crippen molar-refractivity contribution >= 4 is 73.7 Å². The van der Waals surface area contributed by atoms with Gasteiger partial charge in [0, 0.05) is 30.3 Å². The fourth-order valence-corrected chi connectivity index (χ4v) is 4.47. The van der Waals surface area contributed by atoms with Gasteiger partial charge in [-0.3, -0.25) is 4.90 Å². The molecule has 1 aliphatic heterocycles. The summed E-state index contributed by atoms with van der Waals surface area (Å²) in [6.07, 6.45) is 0. The second-order valence-corrected chi connectivity index (χ2v) is 8.44. The minimum Gasteiger partial charge on any atom is -0.460 e. The van der Waals surface area contributed by atoms with Gasteiger partial charge in [0.2, 0.25) is 0 Å². The highest BCUT2D eigenvalue weighted by atomic mass is 127. The van der Waals surface area contributed by atoms with E-state index in [2.05, 4.69) is 72.7 Å². The number of benzene rings is 1. The minimum absolute atomic E-state index is 0.278. The summed E-state index contributed by atoms with van der Waals surface area (Å²) in [7, 11) is 0. The fourth-order valence-electron chi connectivity index (χ4n) is 2.10. The summed E-state index contributed by atoms with van der Waals surface area (Å²) >= 11 is 6.61. The van der Waals surface area contributed by atoms with Crippen LogP contribution in [0.2, 0.25) is 0 Å². The molecule has 0 unspecified atom stereocenters. The lowest BCUT2D eigenvalue weighted by molar-refractivity contribution is 0.00880. The lowest BCUT2D eigenvalue weighted by Crippen LogP contribution is -2.38. The first-order chi connectivity index (χ1) is 11.1. The molecule has 5 nitrogen and oxygen atoms in total. The van der Waals surface area contributed by atoms with E-state index < -0.39 is 0 Å². The normalized spacial score (nSPS) is 15.6. The van der Waals surface area contributed by atoms with Crippen LogP contribution in [0.1, 0.15) is 10.4 Å². The summed E-state index contributed by atoms with van der Waals surface area (Å²) in [5, 5.41) is 0. The molecule has 23 heavy (non-hydrogen) atoms. The maximum Gasteiger partial charge on any atom is 0.339 e. The number of carbonyl (C=O) groups excluding carboxylic acids is 1. The number of nitrogens with zero attached hydrogens (tertiary/aromatic N) is 1. The van der Waals surface area contributed by atoms with Crippen molar-refractivity contribution < 1.29 is 19.0 Å². The fraction of sp³-hybridized carbons (Fsp3) is 0.533. The van der Waals surface area contributed by atoms with E-state index >= 15 is 0 Å². The smallest absolute Gasteiger partial charge is 0.339 e. The molecule has 0 aromatic heterocycles. The van der Waals surface area contributed by atoms with Gasteiger partial charge in [-0.05, 0) is 79.9 Å². The SMILES string of the molecule is O=C(OCCOCCN1CCOCC1)c1cc(I)cc(I)c1I. The quantitative estimate of drug-likeness (QED) is 0.196. The molecule has 8 heteroatoms. The van der Waals surface area contributed by atoms with Gasteiger partial charge in [-0.1, -0.05) is 0 Å². The largest absolute Gasteiger partial charge is 0.460 e. The van der Waals surface area contributed by atoms with Crippen molar-refractivity contribution in [3.8, 4) is 0 Å². The lowest BCUT2D eigenvalue weighted by atomic mass is 10.2. The van der Waals surface area contributed by atoms with Crippen molar-refractivity contribution in [3.05, 3.63) is 28.4 Å². The molecule has 1 fully saturated rings. The Hall–Kier alpha value is 0.760. The number of morpholine rings is 1. The number of hydrogen-bond donors (Lipinski definition) is 0. The molecule has 0 aliphatic carbocycles. The van der Waals surface area contributed by atoms with Gasteiger partial charge in [0.05, 0.1) is 32.0 Å². The van der Waals surface area contributed by atoms with E-state index in [9.17, 15) is 4.79 Å².